The number of benzene rings is 1. The average molecular weight is 323 g/mol. The number of anilines is 1. The van der Waals surface area contributed by atoms with Gasteiger partial charge in [0, 0.05) is 11.1 Å². The quantitative estimate of drug-likeness (QED) is 0.843. The Bertz CT molecular complexity index is 621. The highest BCUT2D eigenvalue weighted by Gasteiger charge is 2.08. The highest BCUT2D eigenvalue weighted by Crippen LogP contribution is 2.16. The number of hydrogen-bond acceptors (Lipinski definition) is 4. The first kappa shape index (κ1) is 15.5. The summed E-state index contributed by atoms with van der Waals surface area (Å²) in [6, 6.07) is 9.32. The number of thiocarbonyl (C=S) groups is 1. The first-order chi connectivity index (χ1) is 10.1. The second kappa shape index (κ2) is 7.19. The molecule has 0 aliphatic carbocycles. The molecule has 2 rings (SSSR count). The van der Waals surface area contributed by atoms with E-state index in [-0.39, 0.29) is 6.04 Å². The van der Waals surface area contributed by atoms with Crippen molar-refractivity contribution < 1.29 is 4.74 Å². The smallest absolute Gasteiger partial charge is 0.218 e. The molecule has 21 heavy (non-hydrogen) atoms. The minimum Gasteiger partial charge on any atom is -0.481 e. The van der Waals surface area contributed by atoms with Crippen LogP contribution >= 0.6 is 23.8 Å². The summed E-state index contributed by atoms with van der Waals surface area (Å²) < 4.78 is 5.03. The van der Waals surface area contributed by atoms with Crippen molar-refractivity contribution in [3.63, 3.8) is 0 Å². The average Bonchev–Trinajstić information content (AvgIpc) is 2.47. The molecule has 0 aliphatic rings. The normalized spacial score (nSPS) is 11.6. The fourth-order valence-electron chi connectivity index (χ4n) is 1.70. The predicted octanol–water partition coefficient (Wildman–Crippen LogP) is 3.19. The van der Waals surface area contributed by atoms with E-state index in [9.17, 15) is 0 Å². The maximum Gasteiger partial charge on any atom is 0.218 e. The molecule has 0 saturated carbocycles. The summed E-state index contributed by atoms with van der Waals surface area (Å²) in [5.74, 6) is 1.05. The molecule has 0 bridgehead atoms. The topological polar surface area (TPSA) is 59.1 Å². The Hall–Kier alpha value is -1.92. The summed E-state index contributed by atoms with van der Waals surface area (Å²) >= 11 is 11.1. The molecule has 0 radical (unpaired) electrons. The predicted molar refractivity (Wildman–Crippen MR) is 87.8 cm³/mol. The van der Waals surface area contributed by atoms with Crippen LogP contribution in [0.3, 0.4) is 0 Å². The van der Waals surface area contributed by atoms with Gasteiger partial charge in [-0.25, -0.2) is 9.97 Å². The number of rotatable bonds is 4. The van der Waals surface area contributed by atoms with E-state index in [2.05, 4.69) is 20.6 Å². The lowest BCUT2D eigenvalue weighted by molar-refractivity contribution is 0.397. The zero-order valence-electron chi connectivity index (χ0n) is 11.6. The Labute approximate surface area is 133 Å². The number of halogens is 1. The summed E-state index contributed by atoms with van der Waals surface area (Å²) in [6.07, 6.45) is 1.41. The molecule has 1 heterocycles. The first-order valence-electron chi connectivity index (χ1n) is 6.27. The van der Waals surface area contributed by atoms with Crippen molar-refractivity contribution in [3.8, 4) is 5.88 Å². The van der Waals surface area contributed by atoms with Gasteiger partial charge < -0.3 is 15.4 Å². The van der Waals surface area contributed by atoms with Crippen LogP contribution in [-0.4, -0.2) is 22.2 Å². The molecule has 1 aromatic carbocycles. The third-order valence-corrected chi connectivity index (χ3v) is 3.28. The van der Waals surface area contributed by atoms with E-state index in [0.29, 0.717) is 21.8 Å². The second-order valence-corrected chi connectivity index (χ2v) is 5.16. The molecule has 0 aliphatic heterocycles. The second-order valence-electron chi connectivity index (χ2n) is 4.32. The van der Waals surface area contributed by atoms with Crippen LogP contribution in [0, 0.1) is 0 Å². The van der Waals surface area contributed by atoms with Crippen molar-refractivity contribution in [2.24, 2.45) is 0 Å². The first-order valence-corrected chi connectivity index (χ1v) is 7.06. The fourth-order valence-corrected chi connectivity index (χ4v) is 2.11. The van der Waals surface area contributed by atoms with Crippen LogP contribution < -0.4 is 15.4 Å². The zero-order chi connectivity index (χ0) is 15.2. The van der Waals surface area contributed by atoms with Gasteiger partial charge in [0.25, 0.3) is 0 Å². The van der Waals surface area contributed by atoms with E-state index < -0.39 is 0 Å². The highest BCUT2D eigenvalue weighted by molar-refractivity contribution is 7.80. The van der Waals surface area contributed by atoms with Gasteiger partial charge in [-0.1, -0.05) is 23.7 Å². The van der Waals surface area contributed by atoms with Crippen LogP contribution in [0.25, 0.3) is 0 Å². The van der Waals surface area contributed by atoms with Crippen LogP contribution in [0.5, 0.6) is 5.88 Å². The highest BCUT2D eigenvalue weighted by atomic mass is 35.5. The van der Waals surface area contributed by atoms with Crippen LogP contribution in [-0.2, 0) is 0 Å². The molecular weight excluding hydrogens is 308 g/mol. The molecule has 1 atom stereocenters. The van der Waals surface area contributed by atoms with Crippen LogP contribution in [0.4, 0.5) is 5.82 Å². The van der Waals surface area contributed by atoms with Gasteiger partial charge in [0.15, 0.2) is 5.11 Å². The maximum atomic E-state index is 5.87. The Kier molecular flexibility index (Phi) is 5.30. The summed E-state index contributed by atoms with van der Waals surface area (Å²) in [4.78, 5) is 8.00. The van der Waals surface area contributed by atoms with Crippen molar-refractivity contribution in [2.45, 2.75) is 13.0 Å². The van der Waals surface area contributed by atoms with Gasteiger partial charge in [-0.2, -0.15) is 0 Å². The molecule has 2 N–H and O–H groups in total. The molecule has 0 spiro atoms. The van der Waals surface area contributed by atoms with E-state index in [1.54, 1.807) is 13.2 Å². The molecule has 110 valence electrons. The number of methoxy groups -OCH3 is 1. The van der Waals surface area contributed by atoms with Gasteiger partial charge in [0.2, 0.25) is 5.88 Å². The molecule has 1 aromatic heterocycles. The lowest BCUT2D eigenvalue weighted by Gasteiger charge is -2.17. The number of nitrogens with one attached hydrogen (secondary N) is 2. The third kappa shape index (κ3) is 4.54. The SMILES string of the molecule is COc1cc(NC(=S)NC(C)c2ccc(Cl)cc2)ncn1. The van der Waals surface area contributed by atoms with Crippen molar-refractivity contribution >= 4 is 34.7 Å². The number of nitrogens with zero attached hydrogens (tertiary/aromatic N) is 2. The molecule has 0 saturated heterocycles. The van der Waals surface area contributed by atoms with E-state index in [1.165, 1.54) is 6.33 Å². The molecule has 0 amide bonds. The minimum atomic E-state index is 0.0472. The molecule has 5 nitrogen and oxygen atoms in total. The Balaban J connectivity index is 1.96. The Morgan fingerprint density at radius 2 is 2.00 bits per heavy atom. The van der Waals surface area contributed by atoms with Crippen molar-refractivity contribution in [1.82, 2.24) is 15.3 Å². The summed E-state index contributed by atoms with van der Waals surface area (Å²) in [5.41, 5.74) is 1.09. The van der Waals surface area contributed by atoms with Crippen LogP contribution in [0.15, 0.2) is 36.7 Å². The number of hydrogen-bond donors (Lipinski definition) is 2. The van der Waals surface area contributed by atoms with Crippen molar-refractivity contribution in [3.05, 3.63) is 47.2 Å². The van der Waals surface area contributed by atoms with Crippen LogP contribution in [0.1, 0.15) is 18.5 Å². The van der Waals surface area contributed by atoms with Gasteiger partial charge in [0.1, 0.15) is 12.1 Å². The summed E-state index contributed by atoms with van der Waals surface area (Å²) in [5, 5.41) is 7.35. The van der Waals surface area contributed by atoms with E-state index in [0.717, 1.165) is 5.56 Å². The zero-order valence-corrected chi connectivity index (χ0v) is 13.2. The molecule has 1 unspecified atom stereocenters. The van der Waals surface area contributed by atoms with Crippen molar-refractivity contribution in [1.29, 1.82) is 0 Å². The van der Waals surface area contributed by atoms with Gasteiger partial charge in [0.05, 0.1) is 13.2 Å². The van der Waals surface area contributed by atoms with E-state index in [4.69, 9.17) is 28.6 Å². The van der Waals surface area contributed by atoms with Gasteiger partial charge in [-0.3, -0.25) is 0 Å². The molecular formula is C14H15ClN4OS. The Morgan fingerprint density at radius 1 is 1.29 bits per heavy atom. The van der Waals surface area contributed by atoms with E-state index >= 15 is 0 Å². The lowest BCUT2D eigenvalue weighted by atomic mass is 10.1. The van der Waals surface area contributed by atoms with Gasteiger partial charge in [-0.05, 0) is 36.8 Å². The largest absolute Gasteiger partial charge is 0.481 e. The number of ether oxygens (including phenoxy) is 1. The third-order valence-electron chi connectivity index (χ3n) is 2.81. The van der Waals surface area contributed by atoms with Gasteiger partial charge in [-0.15, -0.1) is 0 Å². The monoisotopic (exact) mass is 322 g/mol. The number of aromatic nitrogens is 2. The maximum absolute atomic E-state index is 5.87. The molecule has 7 heteroatoms. The summed E-state index contributed by atoms with van der Waals surface area (Å²) in [7, 11) is 1.55. The minimum absolute atomic E-state index is 0.0472. The van der Waals surface area contributed by atoms with Crippen LogP contribution in [0.2, 0.25) is 5.02 Å². The molecule has 0 fully saturated rings. The van der Waals surface area contributed by atoms with E-state index in [1.807, 2.05) is 31.2 Å². The van der Waals surface area contributed by atoms with Gasteiger partial charge >= 0.3 is 0 Å². The lowest BCUT2D eigenvalue weighted by Crippen LogP contribution is -2.31. The fraction of sp³-hybridized carbons (Fsp3) is 0.214. The summed E-state index contributed by atoms with van der Waals surface area (Å²) in [6.45, 7) is 2.01. The standard InChI is InChI=1S/C14H15ClN4OS/c1-9(10-3-5-11(15)6-4-10)18-14(21)19-12-7-13(20-2)17-8-16-12/h3-9H,1-2H3,(H2,16,17,18,19,21). The molecule has 2 aromatic rings. The Morgan fingerprint density at radius 3 is 2.67 bits per heavy atom. The van der Waals surface area contributed by atoms with Crippen molar-refractivity contribution in [2.75, 3.05) is 12.4 Å².